The van der Waals surface area contributed by atoms with Gasteiger partial charge >= 0.3 is 0 Å². The quantitative estimate of drug-likeness (QED) is 0.189. The van der Waals surface area contributed by atoms with Gasteiger partial charge in [0.15, 0.2) is 11.5 Å². The highest BCUT2D eigenvalue weighted by Gasteiger charge is 2.33. The molecule has 2 aromatic carbocycles. The summed E-state index contributed by atoms with van der Waals surface area (Å²) in [7, 11) is 0. The minimum atomic E-state index is 0.0682. The molecule has 0 N–H and O–H groups in total. The number of benzene rings is 2. The van der Waals surface area contributed by atoms with Crippen LogP contribution in [0.15, 0.2) is 159 Å². The van der Waals surface area contributed by atoms with Gasteiger partial charge in [-0.25, -0.2) is 0 Å². The van der Waals surface area contributed by atoms with Crippen LogP contribution in [0.5, 0.6) is 5.75 Å². The summed E-state index contributed by atoms with van der Waals surface area (Å²) < 4.78 is 12.4. The molecule has 0 atom stereocenters. The van der Waals surface area contributed by atoms with Crippen LogP contribution in [-0.2, 0) is 17.0 Å². The van der Waals surface area contributed by atoms with Gasteiger partial charge in [0.05, 0.1) is 0 Å². The molecule has 57 heavy (non-hydrogen) atoms. The molecule has 8 rings (SSSR count). The molecule has 0 amide bonds. The summed E-state index contributed by atoms with van der Waals surface area (Å²) in [4.78, 5) is 16.8. The second-order valence-electron chi connectivity index (χ2n) is 15.8. The Morgan fingerprint density at radius 3 is 2.61 bits per heavy atom. The summed E-state index contributed by atoms with van der Waals surface area (Å²) in [6, 6.07) is 17.1. The first kappa shape index (κ1) is 40.8. The van der Waals surface area contributed by atoms with Gasteiger partial charge in [-0.2, -0.15) is 0 Å². The summed E-state index contributed by atoms with van der Waals surface area (Å²) in [5, 5.41) is 1.20. The highest BCUT2D eigenvalue weighted by molar-refractivity contribution is 8.03. The number of rotatable bonds is 10. The number of fused-ring (bicyclic) bond motifs is 3. The van der Waals surface area contributed by atoms with Crippen molar-refractivity contribution in [2.75, 3.05) is 38.8 Å². The van der Waals surface area contributed by atoms with E-state index in [0.717, 1.165) is 91.7 Å². The van der Waals surface area contributed by atoms with E-state index in [1.54, 1.807) is 0 Å². The minimum Gasteiger partial charge on any atom is -0.475 e. The van der Waals surface area contributed by atoms with Crippen LogP contribution in [0.1, 0.15) is 64.5 Å². The van der Waals surface area contributed by atoms with E-state index in [0.29, 0.717) is 13.5 Å². The van der Waals surface area contributed by atoms with Crippen LogP contribution in [-0.4, -0.2) is 64.9 Å². The largest absolute Gasteiger partial charge is 0.475 e. The molecular weight excluding hydrogens is 741 g/mol. The van der Waals surface area contributed by atoms with Crippen LogP contribution in [0.2, 0.25) is 0 Å². The number of hydrogen-bond acceptors (Lipinski definition) is 8. The zero-order valence-electron chi connectivity index (χ0n) is 34.0. The number of nitrogens with zero attached hydrogens (tertiary/aromatic N) is 4. The van der Waals surface area contributed by atoms with Crippen LogP contribution in [0, 0.1) is 0 Å². The fourth-order valence-corrected chi connectivity index (χ4v) is 9.12. The Balaban J connectivity index is 0.000000174. The standard InChI is InChI=1S/C25H24N2OS.C24H32N2OS/c1-3-8-19(9-4-1)15-27-16-20-14-21(17-29-22-10-5-2-6-11-22)23-12-7-13-26-24(23)25(20)28-18-27;1-6-13-25-22-18(2)20(16-28-21-11-9-7-8-10-12-21)14-19-15-26(24(3,4)5)17-27-23(19)22/h2-3,5-14H,1,4,15-18H2;7,9-12,14H,2,6,8,13,15-17H2,1,3-5H3. The third kappa shape index (κ3) is 10.6. The Morgan fingerprint density at radius 2 is 1.81 bits per heavy atom. The molecule has 0 spiro atoms. The lowest BCUT2D eigenvalue weighted by Crippen LogP contribution is -2.47. The van der Waals surface area contributed by atoms with E-state index in [9.17, 15) is 0 Å². The SMILES string of the molecule is C1=CC(CN2COc3c(cc(CSc4ccccc4)c4cccnc34)C2)=CCC1.C=C1C(CSC2=CC=CCC=C2)=CC2=C(OCN(C(C)(C)C)C2)C1=NCCC. The van der Waals surface area contributed by atoms with Crippen LogP contribution in [0.4, 0.5) is 0 Å². The molecule has 1 aromatic heterocycles. The Labute approximate surface area is 348 Å². The predicted molar refractivity (Wildman–Crippen MR) is 243 cm³/mol. The molecule has 3 heterocycles. The van der Waals surface area contributed by atoms with Crippen LogP contribution in [0.3, 0.4) is 0 Å². The van der Waals surface area contributed by atoms with Gasteiger partial charge in [-0.15, -0.1) is 23.5 Å². The van der Waals surface area contributed by atoms with E-state index in [4.69, 9.17) is 14.5 Å². The van der Waals surface area contributed by atoms with Crippen molar-refractivity contribution in [3.8, 4) is 5.75 Å². The monoisotopic (exact) mass is 796 g/mol. The van der Waals surface area contributed by atoms with Crippen molar-refractivity contribution >= 4 is 40.1 Å². The molecule has 0 fully saturated rings. The fraction of sp³-hybridized carbons (Fsp3) is 0.347. The van der Waals surface area contributed by atoms with Crippen molar-refractivity contribution in [1.29, 1.82) is 0 Å². The molecular formula is C49H56N4O2S2. The smallest absolute Gasteiger partial charge is 0.152 e. The second-order valence-corrected chi connectivity index (χ2v) is 17.9. The maximum absolute atomic E-state index is 6.21. The number of pyridine rings is 1. The van der Waals surface area contributed by atoms with Gasteiger partial charge in [-0.1, -0.05) is 80.3 Å². The van der Waals surface area contributed by atoms with E-state index in [1.165, 1.54) is 43.0 Å². The normalized spacial score (nSPS) is 19.1. The molecule has 6 nitrogen and oxygen atoms in total. The van der Waals surface area contributed by atoms with Crippen LogP contribution < -0.4 is 4.74 Å². The number of aromatic nitrogens is 1. The molecule has 0 saturated heterocycles. The highest BCUT2D eigenvalue weighted by Crippen LogP contribution is 2.38. The summed E-state index contributed by atoms with van der Waals surface area (Å²) in [6.07, 6.45) is 26.2. The highest BCUT2D eigenvalue weighted by atomic mass is 32.2. The van der Waals surface area contributed by atoms with E-state index < -0.39 is 0 Å². The predicted octanol–water partition coefficient (Wildman–Crippen LogP) is 11.8. The molecule has 0 saturated carbocycles. The van der Waals surface area contributed by atoms with E-state index in [2.05, 4.69) is 146 Å². The molecule has 0 bridgehead atoms. The zero-order chi connectivity index (χ0) is 39.6. The Bertz CT molecular complexity index is 2190. The Kier molecular flexibility index (Phi) is 13.9. The summed E-state index contributed by atoms with van der Waals surface area (Å²) in [5.74, 6) is 3.70. The number of allylic oxidation sites excluding steroid dienone is 8. The number of hydrogen-bond donors (Lipinski definition) is 0. The van der Waals surface area contributed by atoms with Crippen LogP contribution >= 0.6 is 23.5 Å². The molecule has 296 valence electrons. The molecule has 0 radical (unpaired) electrons. The van der Waals surface area contributed by atoms with Gasteiger partial charge in [0.2, 0.25) is 0 Å². The average molecular weight is 797 g/mol. The lowest BCUT2D eigenvalue weighted by atomic mass is 9.91. The number of ether oxygens (including phenoxy) is 2. The molecule has 3 aliphatic carbocycles. The van der Waals surface area contributed by atoms with Crippen LogP contribution in [0.25, 0.3) is 10.9 Å². The van der Waals surface area contributed by atoms with Crippen molar-refractivity contribution < 1.29 is 9.47 Å². The van der Waals surface area contributed by atoms with Gasteiger partial charge in [-0.3, -0.25) is 19.8 Å². The average Bonchev–Trinajstić information content (AvgIpc) is 3.51. The van der Waals surface area contributed by atoms with Crippen molar-refractivity contribution in [3.05, 3.63) is 160 Å². The molecule has 8 heteroatoms. The third-order valence-corrected chi connectivity index (χ3v) is 12.6. The topological polar surface area (TPSA) is 50.2 Å². The maximum Gasteiger partial charge on any atom is 0.152 e. The molecule has 2 aliphatic heterocycles. The lowest BCUT2D eigenvalue weighted by molar-refractivity contribution is 0.00865. The number of aliphatic imine (C=N–C) groups is 1. The maximum atomic E-state index is 6.21. The van der Waals surface area contributed by atoms with Crippen molar-refractivity contribution in [2.45, 2.75) is 76.1 Å². The van der Waals surface area contributed by atoms with Gasteiger partial charge in [0.25, 0.3) is 0 Å². The third-order valence-electron chi connectivity index (χ3n) is 10.5. The summed E-state index contributed by atoms with van der Waals surface area (Å²) in [6.45, 7) is 18.0. The Hall–Kier alpha value is -4.34. The first-order valence-electron chi connectivity index (χ1n) is 20.3. The molecule has 5 aliphatic rings. The van der Waals surface area contributed by atoms with Gasteiger partial charge in [-0.05, 0) is 99.6 Å². The first-order valence-corrected chi connectivity index (χ1v) is 22.2. The van der Waals surface area contributed by atoms with E-state index in [-0.39, 0.29) is 5.54 Å². The first-order chi connectivity index (χ1) is 27.8. The van der Waals surface area contributed by atoms with Crippen molar-refractivity contribution in [2.24, 2.45) is 4.99 Å². The van der Waals surface area contributed by atoms with E-state index in [1.807, 2.05) is 35.8 Å². The zero-order valence-corrected chi connectivity index (χ0v) is 35.6. The minimum absolute atomic E-state index is 0.0682. The Morgan fingerprint density at radius 1 is 0.930 bits per heavy atom. The fourth-order valence-electron chi connectivity index (χ4n) is 7.26. The van der Waals surface area contributed by atoms with Crippen molar-refractivity contribution in [3.63, 3.8) is 0 Å². The second kappa shape index (κ2) is 19.4. The van der Waals surface area contributed by atoms with Gasteiger partial charge in [0, 0.05) is 81.3 Å². The summed E-state index contributed by atoms with van der Waals surface area (Å²) in [5.41, 5.74) is 9.46. The van der Waals surface area contributed by atoms with Gasteiger partial charge < -0.3 is 9.47 Å². The summed E-state index contributed by atoms with van der Waals surface area (Å²) >= 11 is 3.72. The van der Waals surface area contributed by atoms with E-state index >= 15 is 0 Å². The molecule has 0 unspecified atom stereocenters. The number of thioether (sulfide) groups is 2. The van der Waals surface area contributed by atoms with Gasteiger partial charge in [0.1, 0.15) is 24.7 Å². The lowest BCUT2D eigenvalue weighted by Gasteiger charge is -2.40. The van der Waals surface area contributed by atoms with Crippen molar-refractivity contribution in [1.82, 2.24) is 14.8 Å². The molecule has 3 aromatic rings.